The van der Waals surface area contributed by atoms with Gasteiger partial charge in [-0.25, -0.2) is 13.2 Å². The Morgan fingerprint density at radius 2 is 1.75 bits per heavy atom. The summed E-state index contributed by atoms with van der Waals surface area (Å²) < 4.78 is 33.0. The Balaban J connectivity index is 1.97. The zero-order valence-corrected chi connectivity index (χ0v) is 20.4. The molecular formula is C23H30ClN3O4S. The van der Waals surface area contributed by atoms with Crippen LogP contribution in [0, 0.1) is 0 Å². The van der Waals surface area contributed by atoms with Crippen LogP contribution in [0.15, 0.2) is 48.5 Å². The van der Waals surface area contributed by atoms with E-state index in [1.165, 1.54) is 4.90 Å². The Labute approximate surface area is 195 Å². The van der Waals surface area contributed by atoms with Crippen molar-refractivity contribution in [3.63, 3.8) is 0 Å². The van der Waals surface area contributed by atoms with E-state index in [0.717, 1.165) is 16.9 Å². The largest absolute Gasteiger partial charge is 0.497 e. The minimum absolute atomic E-state index is 0.0564. The van der Waals surface area contributed by atoms with E-state index in [0.29, 0.717) is 18.5 Å². The summed E-state index contributed by atoms with van der Waals surface area (Å²) in [6, 6.07) is 14.9. The number of rotatable bonds is 8. The minimum atomic E-state index is -3.83. The molecular weight excluding hydrogens is 450 g/mol. The summed E-state index contributed by atoms with van der Waals surface area (Å²) in [6.07, 6.45) is 0.543. The van der Waals surface area contributed by atoms with Crippen molar-refractivity contribution in [1.29, 1.82) is 0 Å². The number of hydrogen-bond donors (Lipinski definition) is 2. The van der Waals surface area contributed by atoms with Crippen molar-refractivity contribution < 1.29 is 17.9 Å². The summed E-state index contributed by atoms with van der Waals surface area (Å²) in [4.78, 5) is 14.3. The molecule has 2 N–H and O–H groups in total. The number of carbonyl (C=O) groups is 1. The standard InChI is InChI=1S/C23H30ClN3O4S/c1-22(2,3)18-7-9-19(10-8-18)23(26-32(29,30)16-24)15-25-21(28)27(23)14-13-17-5-11-20(31-4)12-6-17/h5-12,26H,13-16H2,1-4H3,(H,25,28). The lowest BCUT2D eigenvalue weighted by Crippen LogP contribution is -2.57. The summed E-state index contributed by atoms with van der Waals surface area (Å²) in [5.41, 5.74) is 1.46. The number of carbonyl (C=O) groups excluding carboxylic acids is 1. The van der Waals surface area contributed by atoms with Gasteiger partial charge in [0, 0.05) is 6.54 Å². The molecule has 9 heteroatoms. The van der Waals surface area contributed by atoms with E-state index in [2.05, 4.69) is 30.8 Å². The average Bonchev–Trinajstić information content (AvgIpc) is 3.07. The minimum Gasteiger partial charge on any atom is -0.497 e. The molecule has 7 nitrogen and oxygen atoms in total. The van der Waals surface area contributed by atoms with E-state index < -0.39 is 20.9 Å². The first kappa shape index (κ1) is 24.4. The number of nitrogens with one attached hydrogen (secondary N) is 2. The van der Waals surface area contributed by atoms with Crippen LogP contribution in [0.4, 0.5) is 4.79 Å². The zero-order valence-electron chi connectivity index (χ0n) is 18.8. The highest BCUT2D eigenvalue weighted by Gasteiger charge is 2.49. The molecule has 1 atom stereocenters. The van der Waals surface area contributed by atoms with Crippen LogP contribution in [0.3, 0.4) is 0 Å². The molecule has 1 aliphatic rings. The van der Waals surface area contributed by atoms with E-state index in [9.17, 15) is 13.2 Å². The van der Waals surface area contributed by atoms with Crippen molar-refractivity contribution >= 4 is 27.7 Å². The van der Waals surface area contributed by atoms with Gasteiger partial charge >= 0.3 is 6.03 Å². The molecule has 0 radical (unpaired) electrons. The van der Waals surface area contributed by atoms with Crippen LogP contribution >= 0.6 is 11.6 Å². The van der Waals surface area contributed by atoms with Gasteiger partial charge in [0.2, 0.25) is 10.0 Å². The van der Waals surface area contributed by atoms with Gasteiger partial charge in [-0.3, -0.25) is 4.90 Å². The molecule has 0 aromatic heterocycles. The maximum Gasteiger partial charge on any atom is 0.319 e. The van der Waals surface area contributed by atoms with Crippen LogP contribution in [-0.2, 0) is 27.5 Å². The number of hydrogen-bond acceptors (Lipinski definition) is 4. The Kier molecular flexibility index (Phi) is 7.07. The molecule has 3 rings (SSSR count). The van der Waals surface area contributed by atoms with Gasteiger partial charge in [-0.1, -0.05) is 57.2 Å². The normalized spacial score (nSPS) is 19.2. The molecule has 32 heavy (non-hydrogen) atoms. The first-order valence-electron chi connectivity index (χ1n) is 10.4. The highest BCUT2D eigenvalue weighted by molar-refractivity contribution is 7.90. The smallest absolute Gasteiger partial charge is 0.319 e. The van der Waals surface area contributed by atoms with Gasteiger partial charge in [0.1, 0.15) is 11.0 Å². The van der Waals surface area contributed by atoms with Gasteiger partial charge in [0.05, 0.1) is 13.7 Å². The molecule has 1 heterocycles. The molecule has 1 saturated heterocycles. The number of halogens is 1. The third-order valence-corrected chi connectivity index (χ3v) is 7.48. The third kappa shape index (κ3) is 5.19. The molecule has 174 valence electrons. The molecule has 0 saturated carbocycles. The van der Waals surface area contributed by atoms with Crippen molar-refractivity contribution in [2.45, 2.75) is 38.3 Å². The van der Waals surface area contributed by atoms with Crippen LogP contribution in [0.5, 0.6) is 5.75 Å². The second-order valence-corrected chi connectivity index (χ2v) is 11.2. The van der Waals surface area contributed by atoms with Crippen molar-refractivity contribution in [3.05, 3.63) is 65.2 Å². The number of benzene rings is 2. The number of urea groups is 1. The number of nitrogens with zero attached hydrogens (tertiary/aromatic N) is 1. The van der Waals surface area contributed by atoms with Gasteiger partial charge in [0.25, 0.3) is 0 Å². The van der Waals surface area contributed by atoms with E-state index in [4.69, 9.17) is 16.3 Å². The maximum atomic E-state index is 12.8. The Morgan fingerprint density at radius 1 is 1.12 bits per heavy atom. The fraction of sp³-hybridized carbons (Fsp3) is 0.435. The van der Waals surface area contributed by atoms with E-state index in [1.807, 2.05) is 48.5 Å². The van der Waals surface area contributed by atoms with Crippen molar-refractivity contribution in [1.82, 2.24) is 14.9 Å². The van der Waals surface area contributed by atoms with Gasteiger partial charge in [-0.15, -0.1) is 11.6 Å². The van der Waals surface area contributed by atoms with Crippen molar-refractivity contribution in [3.8, 4) is 5.75 Å². The number of alkyl halides is 1. The molecule has 0 spiro atoms. The van der Waals surface area contributed by atoms with Crippen LogP contribution in [0.1, 0.15) is 37.5 Å². The lowest BCUT2D eigenvalue weighted by Gasteiger charge is -2.38. The summed E-state index contributed by atoms with van der Waals surface area (Å²) >= 11 is 5.71. The Morgan fingerprint density at radius 3 is 2.28 bits per heavy atom. The summed E-state index contributed by atoms with van der Waals surface area (Å²) in [5.74, 6) is 0.746. The van der Waals surface area contributed by atoms with Gasteiger partial charge in [-0.2, -0.15) is 4.72 Å². The highest BCUT2D eigenvalue weighted by atomic mass is 35.5. The Bertz CT molecular complexity index is 1050. The molecule has 1 unspecified atom stereocenters. The number of amides is 2. The van der Waals surface area contributed by atoms with E-state index >= 15 is 0 Å². The van der Waals surface area contributed by atoms with Crippen LogP contribution < -0.4 is 14.8 Å². The summed E-state index contributed by atoms with van der Waals surface area (Å²) in [7, 11) is -2.23. The van der Waals surface area contributed by atoms with Crippen molar-refractivity contribution in [2.75, 3.05) is 25.4 Å². The first-order valence-corrected chi connectivity index (χ1v) is 12.6. The SMILES string of the molecule is COc1ccc(CCN2C(=O)NCC2(NS(=O)(=O)CCl)c2ccc(C(C)(C)C)cc2)cc1. The fourth-order valence-electron chi connectivity index (χ4n) is 3.83. The van der Waals surface area contributed by atoms with E-state index in [-0.39, 0.29) is 18.0 Å². The van der Waals surface area contributed by atoms with Gasteiger partial charge in [0.15, 0.2) is 5.66 Å². The molecule has 2 aromatic rings. The second-order valence-electron chi connectivity index (χ2n) is 8.92. The number of methoxy groups -OCH3 is 1. The second kappa shape index (κ2) is 9.29. The van der Waals surface area contributed by atoms with Crippen LogP contribution in [0.25, 0.3) is 0 Å². The molecule has 0 bridgehead atoms. The first-order chi connectivity index (χ1) is 15.0. The summed E-state index contributed by atoms with van der Waals surface area (Å²) in [6.45, 7) is 6.73. The topological polar surface area (TPSA) is 87.7 Å². The predicted octanol–water partition coefficient (Wildman–Crippen LogP) is 3.53. The summed E-state index contributed by atoms with van der Waals surface area (Å²) in [5, 5.41) is 2.20. The predicted molar refractivity (Wildman–Crippen MR) is 126 cm³/mol. The van der Waals surface area contributed by atoms with E-state index in [1.54, 1.807) is 7.11 Å². The molecule has 0 aliphatic carbocycles. The quantitative estimate of drug-likeness (QED) is 0.567. The fourth-order valence-corrected chi connectivity index (χ4v) is 4.86. The highest BCUT2D eigenvalue weighted by Crippen LogP contribution is 2.33. The van der Waals surface area contributed by atoms with Crippen LogP contribution in [0.2, 0.25) is 0 Å². The lowest BCUT2D eigenvalue weighted by atomic mass is 9.85. The zero-order chi connectivity index (χ0) is 23.6. The maximum absolute atomic E-state index is 12.8. The average molecular weight is 480 g/mol. The molecule has 1 aliphatic heterocycles. The Hall–Kier alpha value is -2.29. The molecule has 2 amide bonds. The van der Waals surface area contributed by atoms with Crippen LogP contribution in [-0.4, -0.2) is 44.8 Å². The van der Waals surface area contributed by atoms with Gasteiger partial charge < -0.3 is 10.1 Å². The van der Waals surface area contributed by atoms with Gasteiger partial charge in [-0.05, 0) is 40.7 Å². The molecule has 2 aromatic carbocycles. The number of sulfonamides is 1. The van der Waals surface area contributed by atoms with Crippen molar-refractivity contribution in [2.24, 2.45) is 0 Å². The third-order valence-electron chi connectivity index (χ3n) is 5.68. The lowest BCUT2D eigenvalue weighted by molar-refractivity contribution is 0.147. The number of ether oxygens (including phenoxy) is 1. The monoisotopic (exact) mass is 479 g/mol. The molecule has 1 fully saturated rings.